The number of Topliss-reactive ketones (excluding diaryl/α,β-unsaturated/α-hetero) is 2. The number of halogens is 1. The second-order valence-corrected chi connectivity index (χ2v) is 7.48. The second-order valence-electron chi connectivity index (χ2n) is 5.15. The first-order valence-corrected chi connectivity index (χ1v) is 9.72. The van der Waals surface area contributed by atoms with Crippen molar-refractivity contribution >= 4 is 46.7 Å². The van der Waals surface area contributed by atoms with E-state index in [1.165, 1.54) is 11.8 Å². The van der Waals surface area contributed by atoms with Crippen LogP contribution in [-0.2, 0) is 4.79 Å². The van der Waals surface area contributed by atoms with Crippen molar-refractivity contribution in [1.29, 1.82) is 0 Å². The summed E-state index contributed by atoms with van der Waals surface area (Å²) in [5.74, 6) is 1.11. The highest BCUT2D eigenvalue weighted by atomic mass is 35.5. The van der Waals surface area contributed by atoms with E-state index in [0.717, 1.165) is 34.8 Å². The average Bonchev–Trinajstić information content (AvgIpc) is 3.29. The lowest BCUT2D eigenvalue weighted by atomic mass is 10.0. The summed E-state index contributed by atoms with van der Waals surface area (Å²) in [4.78, 5) is 26.2. The molecule has 0 N–H and O–H groups in total. The van der Waals surface area contributed by atoms with Gasteiger partial charge in [0.1, 0.15) is 5.78 Å². The summed E-state index contributed by atoms with van der Waals surface area (Å²) in [5, 5.41) is 0.683. The van der Waals surface area contributed by atoms with Crippen molar-refractivity contribution in [2.75, 3.05) is 12.0 Å². The number of carbonyl (C=O) groups excluding carboxylic acids is 2. The lowest BCUT2D eigenvalue weighted by Crippen LogP contribution is -2.11. The lowest BCUT2D eigenvalue weighted by molar-refractivity contribution is -0.119. The molecule has 0 amide bonds. The monoisotopic (exact) mass is 342 g/mol. The minimum Gasteiger partial charge on any atom is -0.299 e. The maximum atomic E-state index is 12.4. The fourth-order valence-corrected chi connectivity index (χ4v) is 4.46. The summed E-state index contributed by atoms with van der Waals surface area (Å²) in [7, 11) is 0. The van der Waals surface area contributed by atoms with Crippen molar-refractivity contribution < 1.29 is 9.59 Å². The van der Waals surface area contributed by atoms with Crippen LogP contribution in [0.5, 0.6) is 0 Å². The Morgan fingerprint density at radius 2 is 2.00 bits per heavy atom. The summed E-state index contributed by atoms with van der Waals surface area (Å²) in [5.41, 5.74) is 0.638. The van der Waals surface area contributed by atoms with Crippen molar-refractivity contribution in [2.45, 2.75) is 42.4 Å². The van der Waals surface area contributed by atoms with Crippen LogP contribution >= 0.6 is 35.1 Å². The molecule has 5 heteroatoms. The first kappa shape index (κ1) is 16.9. The SMILES string of the molecule is CCCSc1c(Cl)ccc(C(=O)CC(=O)C2CC2)c1SC. The third-order valence-corrected chi connectivity index (χ3v) is 6.10. The molecule has 1 aromatic carbocycles. The van der Waals surface area contributed by atoms with Gasteiger partial charge in [0.05, 0.1) is 11.4 Å². The van der Waals surface area contributed by atoms with Crippen molar-refractivity contribution in [1.82, 2.24) is 0 Å². The number of thioether (sulfide) groups is 2. The molecule has 2 nitrogen and oxygen atoms in total. The van der Waals surface area contributed by atoms with E-state index in [-0.39, 0.29) is 23.9 Å². The van der Waals surface area contributed by atoms with Crippen LogP contribution in [0.3, 0.4) is 0 Å². The molecular weight excluding hydrogens is 324 g/mol. The van der Waals surface area contributed by atoms with Gasteiger partial charge in [-0.05, 0) is 43.4 Å². The van der Waals surface area contributed by atoms with E-state index in [9.17, 15) is 9.59 Å². The Balaban J connectivity index is 2.24. The molecule has 0 bridgehead atoms. The zero-order valence-electron chi connectivity index (χ0n) is 12.3. The zero-order valence-corrected chi connectivity index (χ0v) is 14.7. The molecule has 0 atom stereocenters. The number of ketones is 2. The van der Waals surface area contributed by atoms with E-state index in [0.29, 0.717) is 10.6 Å². The van der Waals surface area contributed by atoms with Crippen LogP contribution in [0.1, 0.15) is 43.0 Å². The number of hydrogen-bond acceptors (Lipinski definition) is 4. The molecule has 0 aromatic heterocycles. The van der Waals surface area contributed by atoms with Gasteiger partial charge in [0.2, 0.25) is 0 Å². The van der Waals surface area contributed by atoms with Gasteiger partial charge in [0.15, 0.2) is 5.78 Å². The van der Waals surface area contributed by atoms with E-state index in [1.54, 1.807) is 23.9 Å². The molecule has 0 spiro atoms. The van der Waals surface area contributed by atoms with Gasteiger partial charge in [0.25, 0.3) is 0 Å². The van der Waals surface area contributed by atoms with Crippen LogP contribution in [0.4, 0.5) is 0 Å². The van der Waals surface area contributed by atoms with E-state index in [2.05, 4.69) is 6.92 Å². The van der Waals surface area contributed by atoms with Crippen molar-refractivity contribution in [3.8, 4) is 0 Å². The highest BCUT2D eigenvalue weighted by Gasteiger charge is 2.31. The molecule has 21 heavy (non-hydrogen) atoms. The third kappa shape index (κ3) is 4.27. The minimum atomic E-state index is -0.0775. The maximum Gasteiger partial charge on any atom is 0.171 e. The maximum absolute atomic E-state index is 12.4. The summed E-state index contributed by atoms with van der Waals surface area (Å²) >= 11 is 9.48. The van der Waals surface area contributed by atoms with Gasteiger partial charge in [-0.25, -0.2) is 0 Å². The molecule has 1 aliphatic carbocycles. The molecule has 0 radical (unpaired) electrons. The Morgan fingerprint density at radius 3 is 2.57 bits per heavy atom. The molecule has 0 aliphatic heterocycles. The van der Waals surface area contributed by atoms with E-state index >= 15 is 0 Å². The Labute approximate surface area is 139 Å². The summed E-state index contributed by atoms with van der Waals surface area (Å²) in [6.45, 7) is 2.11. The molecule has 0 saturated heterocycles. The molecule has 2 rings (SSSR count). The molecule has 1 aliphatic rings. The standard InChI is InChI=1S/C16H19ClO2S2/c1-3-8-21-16-12(17)7-6-11(15(16)20-2)14(19)9-13(18)10-4-5-10/h6-7,10H,3-5,8-9H2,1-2H3. The topological polar surface area (TPSA) is 34.1 Å². The Bertz CT molecular complexity index is 553. The predicted molar refractivity (Wildman–Crippen MR) is 90.9 cm³/mol. The number of rotatable bonds is 8. The number of hydrogen-bond donors (Lipinski definition) is 0. The van der Waals surface area contributed by atoms with Crippen LogP contribution in [-0.4, -0.2) is 23.6 Å². The predicted octanol–water partition coefficient (Wildman–Crippen LogP) is 5.12. The molecule has 1 aromatic rings. The van der Waals surface area contributed by atoms with E-state index < -0.39 is 0 Å². The van der Waals surface area contributed by atoms with Gasteiger partial charge in [-0.3, -0.25) is 9.59 Å². The summed E-state index contributed by atoms with van der Waals surface area (Å²) in [6.07, 6.45) is 4.91. The molecule has 0 unspecified atom stereocenters. The largest absolute Gasteiger partial charge is 0.299 e. The van der Waals surface area contributed by atoms with Gasteiger partial charge < -0.3 is 0 Å². The van der Waals surface area contributed by atoms with Crippen LogP contribution < -0.4 is 0 Å². The Morgan fingerprint density at radius 1 is 1.29 bits per heavy atom. The molecule has 1 fully saturated rings. The quantitative estimate of drug-likeness (QED) is 0.373. The summed E-state index contributed by atoms with van der Waals surface area (Å²) < 4.78 is 0. The highest BCUT2D eigenvalue weighted by molar-refractivity contribution is 8.02. The first-order chi connectivity index (χ1) is 10.1. The van der Waals surface area contributed by atoms with Gasteiger partial charge in [-0.15, -0.1) is 23.5 Å². The van der Waals surface area contributed by atoms with Gasteiger partial charge >= 0.3 is 0 Å². The fourth-order valence-electron chi connectivity index (χ4n) is 2.10. The minimum absolute atomic E-state index is 0.0255. The Kier molecular flexibility index (Phi) is 6.20. The van der Waals surface area contributed by atoms with Crippen LogP contribution in [0.25, 0.3) is 0 Å². The first-order valence-electron chi connectivity index (χ1n) is 7.13. The van der Waals surface area contributed by atoms with Crippen molar-refractivity contribution in [2.24, 2.45) is 5.92 Å². The number of benzene rings is 1. The van der Waals surface area contributed by atoms with Gasteiger partial charge in [-0.2, -0.15) is 0 Å². The molecule has 1 saturated carbocycles. The zero-order chi connectivity index (χ0) is 15.4. The number of carbonyl (C=O) groups is 2. The molecule has 114 valence electrons. The van der Waals surface area contributed by atoms with Gasteiger partial charge in [0, 0.05) is 21.3 Å². The molecular formula is C16H19ClO2S2. The third-order valence-electron chi connectivity index (χ3n) is 3.39. The Hall–Kier alpha value is -0.450. The van der Waals surface area contributed by atoms with E-state index in [4.69, 9.17) is 11.6 Å². The summed E-state index contributed by atoms with van der Waals surface area (Å²) in [6, 6.07) is 3.53. The molecule has 0 heterocycles. The fraction of sp³-hybridized carbons (Fsp3) is 0.500. The van der Waals surface area contributed by atoms with Crippen LogP contribution in [0.15, 0.2) is 21.9 Å². The van der Waals surface area contributed by atoms with Crippen molar-refractivity contribution in [3.63, 3.8) is 0 Å². The smallest absolute Gasteiger partial charge is 0.171 e. The lowest BCUT2D eigenvalue weighted by Gasteiger charge is -2.13. The van der Waals surface area contributed by atoms with Crippen LogP contribution in [0, 0.1) is 5.92 Å². The normalized spacial score (nSPS) is 14.2. The van der Waals surface area contributed by atoms with Gasteiger partial charge in [-0.1, -0.05) is 18.5 Å². The average molecular weight is 343 g/mol. The van der Waals surface area contributed by atoms with E-state index in [1.807, 2.05) is 6.26 Å². The second kappa shape index (κ2) is 7.70. The van der Waals surface area contributed by atoms with Crippen LogP contribution in [0.2, 0.25) is 5.02 Å². The highest BCUT2D eigenvalue weighted by Crippen LogP contribution is 2.39. The van der Waals surface area contributed by atoms with Crippen molar-refractivity contribution in [3.05, 3.63) is 22.7 Å².